The Morgan fingerprint density at radius 3 is 2.90 bits per heavy atom. The molecule has 3 nitrogen and oxygen atoms in total. The fraction of sp³-hybridized carbons (Fsp3) is 0.562. The molecule has 0 radical (unpaired) electrons. The van der Waals surface area contributed by atoms with Gasteiger partial charge in [0.1, 0.15) is 4.99 Å². The zero-order valence-electron chi connectivity index (χ0n) is 12.1. The number of benzene rings is 1. The van der Waals surface area contributed by atoms with E-state index in [1.165, 1.54) is 30.4 Å². The number of hydrogen-bond acceptors (Lipinski definition) is 3. The quantitative estimate of drug-likeness (QED) is 0.818. The molecule has 20 heavy (non-hydrogen) atoms. The van der Waals surface area contributed by atoms with Crippen molar-refractivity contribution in [2.24, 2.45) is 5.73 Å². The molecule has 1 atom stereocenters. The molecule has 1 heterocycles. The van der Waals surface area contributed by atoms with E-state index in [0.717, 1.165) is 25.1 Å². The molecule has 0 aromatic heterocycles. The average molecular weight is 292 g/mol. The van der Waals surface area contributed by atoms with Crippen LogP contribution in [-0.4, -0.2) is 34.2 Å². The van der Waals surface area contributed by atoms with Crippen molar-refractivity contribution in [2.45, 2.75) is 45.2 Å². The Labute approximate surface area is 126 Å². The van der Waals surface area contributed by atoms with E-state index < -0.39 is 0 Å². The highest BCUT2D eigenvalue weighted by Crippen LogP contribution is 2.23. The average Bonchev–Trinajstić information content (AvgIpc) is 2.43. The number of likely N-dealkylation sites (tertiary alicyclic amines) is 1. The molecule has 1 aliphatic rings. The van der Waals surface area contributed by atoms with Crippen LogP contribution in [0.4, 0.5) is 0 Å². The molecule has 1 unspecified atom stereocenters. The fourth-order valence-corrected chi connectivity index (χ4v) is 3.12. The van der Waals surface area contributed by atoms with E-state index in [4.69, 9.17) is 18.0 Å². The van der Waals surface area contributed by atoms with E-state index in [9.17, 15) is 5.11 Å². The number of hydrogen-bond donors (Lipinski definition) is 2. The van der Waals surface area contributed by atoms with Crippen molar-refractivity contribution in [2.75, 3.05) is 13.2 Å². The van der Waals surface area contributed by atoms with Crippen molar-refractivity contribution >= 4 is 17.2 Å². The molecule has 3 N–H and O–H groups in total. The lowest BCUT2D eigenvalue weighted by molar-refractivity contribution is 0.112. The van der Waals surface area contributed by atoms with Gasteiger partial charge in [-0.25, -0.2) is 0 Å². The van der Waals surface area contributed by atoms with Crippen LogP contribution in [0.5, 0.6) is 0 Å². The van der Waals surface area contributed by atoms with Gasteiger partial charge in [0.25, 0.3) is 0 Å². The van der Waals surface area contributed by atoms with Crippen LogP contribution in [0.3, 0.4) is 0 Å². The van der Waals surface area contributed by atoms with Crippen molar-refractivity contribution < 1.29 is 5.11 Å². The lowest BCUT2D eigenvalue weighted by Crippen LogP contribution is -2.39. The van der Waals surface area contributed by atoms with Gasteiger partial charge in [0.15, 0.2) is 0 Å². The largest absolute Gasteiger partial charge is 0.396 e. The van der Waals surface area contributed by atoms with Gasteiger partial charge in [0.05, 0.1) is 0 Å². The van der Waals surface area contributed by atoms with Gasteiger partial charge in [-0.3, -0.25) is 4.90 Å². The van der Waals surface area contributed by atoms with Crippen LogP contribution in [-0.2, 0) is 6.54 Å². The molecule has 0 amide bonds. The highest BCUT2D eigenvalue weighted by atomic mass is 32.1. The first-order valence-corrected chi connectivity index (χ1v) is 7.77. The summed E-state index contributed by atoms with van der Waals surface area (Å²) >= 11 is 5.02. The molecule has 2 rings (SSSR count). The Kier molecular flexibility index (Phi) is 5.52. The number of nitrogens with two attached hydrogens (primary N) is 1. The minimum absolute atomic E-state index is 0.278. The maximum atomic E-state index is 9.20. The summed E-state index contributed by atoms with van der Waals surface area (Å²) in [5.74, 6) is 0. The molecular formula is C16H24N2OS. The molecule has 0 bridgehead atoms. The van der Waals surface area contributed by atoms with Crippen molar-refractivity contribution in [3.8, 4) is 0 Å². The van der Waals surface area contributed by atoms with Crippen LogP contribution in [0.2, 0.25) is 0 Å². The Morgan fingerprint density at radius 1 is 1.45 bits per heavy atom. The van der Waals surface area contributed by atoms with Gasteiger partial charge in [0.2, 0.25) is 0 Å². The Morgan fingerprint density at radius 2 is 2.25 bits per heavy atom. The predicted octanol–water partition coefficient (Wildman–Crippen LogP) is 2.37. The summed E-state index contributed by atoms with van der Waals surface area (Å²) < 4.78 is 0. The summed E-state index contributed by atoms with van der Waals surface area (Å²) in [4.78, 5) is 2.96. The number of aliphatic hydroxyl groups is 1. The third kappa shape index (κ3) is 3.78. The van der Waals surface area contributed by atoms with Crippen molar-refractivity contribution in [1.82, 2.24) is 4.90 Å². The first-order valence-electron chi connectivity index (χ1n) is 7.36. The standard InChI is InChI=1S/C16H24N2OS/c1-12-10-13(16(17)20)5-6-14(12)11-18-8-3-2-4-15(18)7-9-19/h5-6,10,15,19H,2-4,7-9,11H2,1H3,(H2,17,20). The van der Waals surface area contributed by atoms with Gasteiger partial charge in [-0.05, 0) is 49.9 Å². The van der Waals surface area contributed by atoms with E-state index in [-0.39, 0.29) is 6.61 Å². The van der Waals surface area contributed by atoms with Gasteiger partial charge in [-0.1, -0.05) is 30.8 Å². The lowest BCUT2D eigenvalue weighted by atomic mass is 9.97. The van der Waals surface area contributed by atoms with Crippen LogP contribution in [0.1, 0.15) is 42.4 Å². The van der Waals surface area contributed by atoms with Crippen LogP contribution < -0.4 is 5.73 Å². The molecule has 1 aliphatic heterocycles. The second kappa shape index (κ2) is 7.16. The van der Waals surface area contributed by atoms with Crippen molar-refractivity contribution in [3.05, 3.63) is 34.9 Å². The van der Waals surface area contributed by atoms with E-state index >= 15 is 0 Å². The zero-order valence-corrected chi connectivity index (χ0v) is 13.0. The SMILES string of the molecule is Cc1cc(C(N)=S)ccc1CN1CCCCC1CCO. The highest BCUT2D eigenvalue weighted by Gasteiger charge is 2.22. The van der Waals surface area contributed by atoms with Crippen LogP contribution in [0, 0.1) is 6.92 Å². The summed E-state index contributed by atoms with van der Waals surface area (Å²) in [6, 6.07) is 6.73. The Bertz CT molecular complexity index is 474. The van der Waals surface area contributed by atoms with Gasteiger partial charge < -0.3 is 10.8 Å². The topological polar surface area (TPSA) is 49.5 Å². The number of nitrogens with zero attached hydrogens (tertiary/aromatic N) is 1. The van der Waals surface area contributed by atoms with E-state index in [2.05, 4.69) is 24.0 Å². The number of thiocarbonyl (C=S) groups is 1. The molecule has 0 aliphatic carbocycles. The number of rotatable bonds is 5. The summed E-state index contributed by atoms with van der Waals surface area (Å²) in [5, 5.41) is 9.20. The smallest absolute Gasteiger partial charge is 0.103 e. The van der Waals surface area contributed by atoms with E-state index in [1.807, 2.05) is 6.07 Å². The zero-order chi connectivity index (χ0) is 14.5. The minimum atomic E-state index is 0.278. The highest BCUT2D eigenvalue weighted by molar-refractivity contribution is 7.80. The summed E-state index contributed by atoms with van der Waals surface area (Å²) in [6.07, 6.45) is 4.61. The Hall–Kier alpha value is -0.970. The molecule has 110 valence electrons. The summed E-state index contributed by atoms with van der Waals surface area (Å²) in [7, 11) is 0. The number of aryl methyl sites for hydroxylation is 1. The molecule has 1 aromatic rings. The third-order valence-corrected chi connectivity index (χ3v) is 4.45. The first kappa shape index (κ1) is 15.4. The van der Waals surface area contributed by atoms with Crippen LogP contribution in [0.15, 0.2) is 18.2 Å². The van der Waals surface area contributed by atoms with Crippen molar-refractivity contribution in [3.63, 3.8) is 0 Å². The lowest BCUT2D eigenvalue weighted by Gasteiger charge is -2.36. The van der Waals surface area contributed by atoms with Crippen LogP contribution >= 0.6 is 12.2 Å². The predicted molar refractivity (Wildman–Crippen MR) is 86.8 cm³/mol. The first-order chi connectivity index (χ1) is 9.61. The minimum Gasteiger partial charge on any atom is -0.396 e. The molecule has 1 aromatic carbocycles. The molecular weight excluding hydrogens is 268 g/mol. The van der Waals surface area contributed by atoms with Gasteiger partial charge in [0, 0.05) is 24.8 Å². The molecule has 0 spiro atoms. The molecule has 1 saturated heterocycles. The van der Waals surface area contributed by atoms with E-state index in [1.54, 1.807) is 0 Å². The number of piperidine rings is 1. The molecule has 4 heteroatoms. The molecule has 0 saturated carbocycles. The Balaban J connectivity index is 2.09. The van der Waals surface area contributed by atoms with Gasteiger partial charge >= 0.3 is 0 Å². The summed E-state index contributed by atoms with van der Waals surface area (Å²) in [5.41, 5.74) is 9.18. The maximum absolute atomic E-state index is 9.20. The second-order valence-electron chi connectivity index (χ2n) is 5.64. The molecule has 1 fully saturated rings. The summed E-state index contributed by atoms with van der Waals surface area (Å²) in [6.45, 7) is 4.47. The van der Waals surface area contributed by atoms with Gasteiger partial charge in [-0.15, -0.1) is 0 Å². The second-order valence-corrected chi connectivity index (χ2v) is 6.08. The fourth-order valence-electron chi connectivity index (χ4n) is 2.99. The normalized spacial score (nSPS) is 20.0. The van der Waals surface area contributed by atoms with E-state index in [0.29, 0.717) is 11.0 Å². The third-order valence-electron chi connectivity index (χ3n) is 4.21. The van der Waals surface area contributed by atoms with Gasteiger partial charge in [-0.2, -0.15) is 0 Å². The van der Waals surface area contributed by atoms with Crippen LogP contribution in [0.25, 0.3) is 0 Å². The number of aliphatic hydroxyl groups excluding tert-OH is 1. The monoisotopic (exact) mass is 292 g/mol. The van der Waals surface area contributed by atoms with Crippen molar-refractivity contribution in [1.29, 1.82) is 0 Å². The maximum Gasteiger partial charge on any atom is 0.103 e.